The number of rotatable bonds is 6. The Balaban J connectivity index is 1.73. The molecule has 0 atom stereocenters. The molecule has 0 spiro atoms. The van der Waals surface area contributed by atoms with Gasteiger partial charge in [0.05, 0.1) is 12.1 Å². The molecule has 6 nitrogen and oxygen atoms in total. The lowest BCUT2D eigenvalue weighted by Crippen LogP contribution is -2.28. The molecule has 2 heterocycles. The van der Waals surface area contributed by atoms with Crippen LogP contribution in [-0.4, -0.2) is 27.7 Å². The summed E-state index contributed by atoms with van der Waals surface area (Å²) >= 11 is 0. The van der Waals surface area contributed by atoms with E-state index in [4.69, 9.17) is 5.41 Å². The SMILES string of the molecule is CC(=N)CNC(=O)c1cncc(Cc2ccc(-n3ccccc3=O)cc2)c1. The van der Waals surface area contributed by atoms with Crippen LogP contribution < -0.4 is 10.9 Å². The van der Waals surface area contributed by atoms with E-state index in [9.17, 15) is 9.59 Å². The molecule has 136 valence electrons. The number of nitrogens with one attached hydrogen (secondary N) is 2. The van der Waals surface area contributed by atoms with Crippen molar-refractivity contribution in [2.75, 3.05) is 6.54 Å². The minimum Gasteiger partial charge on any atom is -0.347 e. The van der Waals surface area contributed by atoms with Gasteiger partial charge in [-0.2, -0.15) is 0 Å². The largest absolute Gasteiger partial charge is 0.347 e. The summed E-state index contributed by atoms with van der Waals surface area (Å²) in [6.07, 6.45) is 5.61. The highest BCUT2D eigenvalue weighted by Gasteiger charge is 2.07. The van der Waals surface area contributed by atoms with Gasteiger partial charge >= 0.3 is 0 Å². The second-order valence-corrected chi connectivity index (χ2v) is 6.30. The summed E-state index contributed by atoms with van der Waals surface area (Å²) < 4.78 is 1.58. The highest BCUT2D eigenvalue weighted by molar-refractivity contribution is 5.96. The third kappa shape index (κ3) is 4.76. The Kier molecular flexibility index (Phi) is 5.56. The van der Waals surface area contributed by atoms with Crippen LogP contribution in [0.3, 0.4) is 0 Å². The summed E-state index contributed by atoms with van der Waals surface area (Å²) in [6.45, 7) is 1.87. The number of nitrogens with zero attached hydrogens (tertiary/aromatic N) is 2. The fraction of sp³-hybridized carbons (Fsp3) is 0.143. The van der Waals surface area contributed by atoms with Gasteiger partial charge in [-0.15, -0.1) is 0 Å². The van der Waals surface area contributed by atoms with Crippen molar-refractivity contribution in [3.63, 3.8) is 0 Å². The number of pyridine rings is 2. The van der Waals surface area contributed by atoms with Crippen LogP contribution in [0, 0.1) is 5.41 Å². The zero-order chi connectivity index (χ0) is 19.2. The fourth-order valence-corrected chi connectivity index (χ4v) is 2.67. The third-order valence-electron chi connectivity index (χ3n) is 4.02. The highest BCUT2D eigenvalue weighted by Crippen LogP contribution is 2.13. The van der Waals surface area contributed by atoms with Gasteiger partial charge in [0.25, 0.3) is 11.5 Å². The van der Waals surface area contributed by atoms with Crippen molar-refractivity contribution in [1.82, 2.24) is 14.9 Å². The first-order valence-corrected chi connectivity index (χ1v) is 8.56. The van der Waals surface area contributed by atoms with E-state index in [0.29, 0.717) is 17.7 Å². The van der Waals surface area contributed by atoms with Crippen molar-refractivity contribution in [2.24, 2.45) is 0 Å². The first-order valence-electron chi connectivity index (χ1n) is 8.56. The number of amides is 1. The summed E-state index contributed by atoms with van der Waals surface area (Å²) in [4.78, 5) is 28.1. The average molecular weight is 360 g/mol. The maximum Gasteiger partial charge on any atom is 0.255 e. The number of carbonyl (C=O) groups is 1. The second kappa shape index (κ2) is 8.23. The smallest absolute Gasteiger partial charge is 0.255 e. The minimum atomic E-state index is -0.241. The molecule has 0 unspecified atom stereocenters. The molecule has 3 aromatic rings. The van der Waals surface area contributed by atoms with Crippen LogP contribution in [0.15, 0.2) is 71.9 Å². The monoisotopic (exact) mass is 360 g/mol. The van der Waals surface area contributed by atoms with E-state index in [1.807, 2.05) is 30.3 Å². The molecule has 1 amide bonds. The molecule has 0 saturated heterocycles. The van der Waals surface area contributed by atoms with Crippen LogP contribution in [0.1, 0.15) is 28.4 Å². The van der Waals surface area contributed by atoms with Crippen molar-refractivity contribution in [3.8, 4) is 5.69 Å². The van der Waals surface area contributed by atoms with Crippen LogP contribution in [0.5, 0.6) is 0 Å². The molecule has 2 aromatic heterocycles. The maximum absolute atomic E-state index is 12.1. The number of carbonyl (C=O) groups excluding carboxylic acids is 1. The van der Waals surface area contributed by atoms with Gasteiger partial charge in [0.1, 0.15) is 0 Å². The molecule has 0 aliphatic heterocycles. The van der Waals surface area contributed by atoms with Gasteiger partial charge in [-0.1, -0.05) is 18.2 Å². The lowest BCUT2D eigenvalue weighted by Gasteiger charge is -2.08. The molecule has 6 heteroatoms. The topological polar surface area (TPSA) is 87.8 Å². The summed E-state index contributed by atoms with van der Waals surface area (Å²) in [5.41, 5.74) is 3.56. The zero-order valence-corrected chi connectivity index (χ0v) is 15.0. The van der Waals surface area contributed by atoms with Crippen LogP contribution in [-0.2, 0) is 6.42 Å². The summed E-state index contributed by atoms with van der Waals surface area (Å²) in [7, 11) is 0. The number of aromatic nitrogens is 2. The van der Waals surface area contributed by atoms with E-state index in [1.165, 1.54) is 12.3 Å². The molecular formula is C21H20N4O2. The van der Waals surface area contributed by atoms with Crippen LogP contribution >= 0.6 is 0 Å². The van der Waals surface area contributed by atoms with Crippen molar-refractivity contribution >= 4 is 11.6 Å². The van der Waals surface area contributed by atoms with Gasteiger partial charge in [0.2, 0.25) is 0 Å². The summed E-state index contributed by atoms with van der Waals surface area (Å²) in [6, 6.07) is 14.6. The van der Waals surface area contributed by atoms with Gasteiger partial charge in [-0.05, 0) is 48.7 Å². The van der Waals surface area contributed by atoms with E-state index >= 15 is 0 Å². The number of hydrogen-bond acceptors (Lipinski definition) is 4. The molecule has 0 bridgehead atoms. The third-order valence-corrected chi connectivity index (χ3v) is 4.02. The van der Waals surface area contributed by atoms with E-state index in [-0.39, 0.29) is 18.0 Å². The Bertz CT molecular complexity index is 1020. The first-order chi connectivity index (χ1) is 13.0. The number of benzene rings is 1. The molecule has 0 fully saturated rings. The molecule has 27 heavy (non-hydrogen) atoms. The fourth-order valence-electron chi connectivity index (χ4n) is 2.67. The quantitative estimate of drug-likeness (QED) is 0.662. The maximum atomic E-state index is 12.1. The van der Waals surface area contributed by atoms with E-state index in [1.54, 1.807) is 36.0 Å². The van der Waals surface area contributed by atoms with Crippen LogP contribution in [0.4, 0.5) is 0 Å². The molecule has 2 N–H and O–H groups in total. The normalized spacial score (nSPS) is 10.4. The summed E-state index contributed by atoms with van der Waals surface area (Å²) in [5.74, 6) is -0.241. The molecule has 0 radical (unpaired) electrons. The second-order valence-electron chi connectivity index (χ2n) is 6.30. The van der Waals surface area contributed by atoms with Crippen LogP contribution in [0.2, 0.25) is 0 Å². The lowest BCUT2D eigenvalue weighted by molar-refractivity contribution is 0.0958. The molecule has 0 saturated carbocycles. The first kappa shape index (κ1) is 18.3. The summed E-state index contributed by atoms with van der Waals surface area (Å²) in [5, 5.41) is 10.1. The zero-order valence-electron chi connectivity index (χ0n) is 15.0. The Hall–Kier alpha value is -3.54. The lowest BCUT2D eigenvalue weighted by atomic mass is 10.0. The Morgan fingerprint density at radius 1 is 1.11 bits per heavy atom. The van der Waals surface area contributed by atoms with Crippen molar-refractivity contribution in [1.29, 1.82) is 5.41 Å². The highest BCUT2D eigenvalue weighted by atomic mass is 16.1. The van der Waals surface area contributed by atoms with Gasteiger partial charge in [-0.3, -0.25) is 19.1 Å². The standard InChI is InChI=1S/C21H20N4O2/c1-15(22)12-24-21(27)18-11-17(13-23-14-18)10-16-5-7-19(8-6-16)25-9-3-2-4-20(25)26/h2-9,11,13-14,22H,10,12H2,1H3,(H,24,27). The molecule has 1 aromatic carbocycles. The van der Waals surface area contributed by atoms with Crippen molar-refractivity contribution in [2.45, 2.75) is 13.3 Å². The Morgan fingerprint density at radius 3 is 2.59 bits per heavy atom. The van der Waals surface area contributed by atoms with Gasteiger partial charge in [-0.25, -0.2) is 0 Å². The van der Waals surface area contributed by atoms with E-state index in [2.05, 4.69) is 10.3 Å². The molecule has 3 rings (SSSR count). The average Bonchev–Trinajstić information content (AvgIpc) is 2.67. The van der Waals surface area contributed by atoms with Crippen LogP contribution in [0.25, 0.3) is 5.69 Å². The Labute approximate surface area is 157 Å². The van der Waals surface area contributed by atoms with Gasteiger partial charge < -0.3 is 10.7 Å². The predicted molar refractivity (Wildman–Crippen MR) is 105 cm³/mol. The minimum absolute atomic E-state index is 0.0756. The molecular weight excluding hydrogens is 340 g/mol. The van der Waals surface area contributed by atoms with E-state index in [0.717, 1.165) is 16.8 Å². The van der Waals surface area contributed by atoms with E-state index < -0.39 is 0 Å². The van der Waals surface area contributed by atoms with Crippen molar-refractivity contribution < 1.29 is 4.79 Å². The molecule has 0 aliphatic carbocycles. The Morgan fingerprint density at radius 2 is 1.89 bits per heavy atom. The number of hydrogen-bond donors (Lipinski definition) is 2. The predicted octanol–water partition coefficient (Wildman–Crippen LogP) is 2.59. The van der Waals surface area contributed by atoms with Crippen molar-refractivity contribution in [3.05, 3.63) is 94.2 Å². The van der Waals surface area contributed by atoms with Gasteiger partial charge in [0, 0.05) is 36.1 Å². The molecule has 0 aliphatic rings. The van der Waals surface area contributed by atoms with Gasteiger partial charge in [0.15, 0.2) is 0 Å².